The molecule has 2 unspecified atom stereocenters. The largest absolute Gasteiger partial charge is 0.340 e. The summed E-state index contributed by atoms with van der Waals surface area (Å²) in [5, 5.41) is 4.59. The third kappa shape index (κ3) is 3.70. The molecule has 0 bridgehead atoms. The van der Waals surface area contributed by atoms with Crippen LogP contribution in [-0.2, 0) is 9.84 Å². The Hall–Kier alpha value is -2.75. The Labute approximate surface area is 185 Å². The summed E-state index contributed by atoms with van der Waals surface area (Å²) >= 11 is 0. The Morgan fingerprint density at radius 2 is 2.06 bits per heavy atom. The predicted octanol–water partition coefficient (Wildman–Crippen LogP) is 3.36. The van der Waals surface area contributed by atoms with Crippen LogP contribution in [0.25, 0.3) is 11.0 Å². The molecule has 2 aliphatic rings. The van der Waals surface area contributed by atoms with E-state index in [-0.39, 0.29) is 41.2 Å². The molecule has 3 aromatic rings. The van der Waals surface area contributed by atoms with Gasteiger partial charge in [0.05, 0.1) is 34.6 Å². The highest BCUT2D eigenvalue weighted by Crippen LogP contribution is 2.34. The lowest BCUT2D eigenvalue weighted by Crippen LogP contribution is -2.31. The third-order valence-corrected chi connectivity index (χ3v) is 8.17. The number of hydrogen-bond acceptors (Lipinski definition) is 5. The van der Waals surface area contributed by atoms with Gasteiger partial charge in [0.25, 0.3) is 5.91 Å². The summed E-state index contributed by atoms with van der Waals surface area (Å²) in [5.74, 6) is 0.422. The fourth-order valence-electron chi connectivity index (χ4n) is 4.81. The van der Waals surface area contributed by atoms with Crippen LogP contribution >= 0.6 is 0 Å². The van der Waals surface area contributed by atoms with Crippen LogP contribution in [0.1, 0.15) is 73.1 Å². The molecule has 0 aliphatic carbocycles. The minimum absolute atomic E-state index is 0.0594. The van der Waals surface area contributed by atoms with Crippen molar-refractivity contribution in [3.63, 3.8) is 0 Å². The fraction of sp³-hybridized carbons (Fsp3) is 0.500. The van der Waals surface area contributed by atoms with E-state index in [0.29, 0.717) is 35.5 Å². The van der Waals surface area contributed by atoms with E-state index in [1.165, 1.54) is 12.1 Å². The summed E-state index contributed by atoms with van der Waals surface area (Å²) in [6.07, 6.45) is 2.10. The van der Waals surface area contributed by atoms with Crippen LogP contribution in [0.4, 0.5) is 4.39 Å². The van der Waals surface area contributed by atoms with E-state index in [2.05, 4.69) is 15.1 Å². The van der Waals surface area contributed by atoms with Gasteiger partial charge in [-0.05, 0) is 49.4 Å². The molecule has 0 radical (unpaired) electrons. The molecule has 2 aromatic heterocycles. The number of carbonyl (C=O) groups is 1. The fourth-order valence-corrected chi connectivity index (χ4v) is 6.50. The number of nitrogens with zero attached hydrogens (tertiary/aromatic N) is 4. The van der Waals surface area contributed by atoms with Gasteiger partial charge in [-0.25, -0.2) is 17.8 Å². The number of benzene rings is 1. The maximum atomic E-state index is 13.6. The minimum Gasteiger partial charge on any atom is -0.340 e. The van der Waals surface area contributed by atoms with Crippen LogP contribution in [-0.4, -0.2) is 57.0 Å². The molecule has 2 aliphatic heterocycles. The molecular weight excluding hydrogens is 433 g/mol. The molecule has 8 nitrogen and oxygen atoms in total. The van der Waals surface area contributed by atoms with Crippen molar-refractivity contribution in [1.29, 1.82) is 0 Å². The van der Waals surface area contributed by atoms with Gasteiger partial charge in [-0.15, -0.1) is 0 Å². The van der Waals surface area contributed by atoms with Gasteiger partial charge in [-0.1, -0.05) is 13.8 Å². The van der Waals surface area contributed by atoms with Crippen LogP contribution in [0.15, 0.2) is 24.3 Å². The number of aromatic amines is 1. The number of fused-ring (bicyclic) bond motifs is 1. The topological polar surface area (TPSA) is 101 Å². The molecule has 5 rings (SSSR count). The van der Waals surface area contributed by atoms with Gasteiger partial charge in [0.2, 0.25) is 0 Å². The number of sulfone groups is 1. The van der Waals surface area contributed by atoms with Gasteiger partial charge in [0, 0.05) is 12.2 Å². The molecule has 2 saturated heterocycles. The lowest BCUT2D eigenvalue weighted by atomic mass is 10.1. The lowest BCUT2D eigenvalue weighted by molar-refractivity contribution is 0.0723. The Morgan fingerprint density at radius 1 is 1.25 bits per heavy atom. The summed E-state index contributed by atoms with van der Waals surface area (Å²) in [7, 11) is -3.07. The Kier molecular flexibility index (Phi) is 5.07. The second kappa shape index (κ2) is 7.68. The molecule has 0 saturated carbocycles. The van der Waals surface area contributed by atoms with Crippen molar-refractivity contribution in [3.8, 4) is 0 Å². The number of hydrogen-bond donors (Lipinski definition) is 1. The molecule has 10 heteroatoms. The molecule has 2 fully saturated rings. The van der Waals surface area contributed by atoms with E-state index >= 15 is 0 Å². The summed E-state index contributed by atoms with van der Waals surface area (Å²) in [4.78, 5) is 23.0. The standard InChI is InChI=1S/C22H26FN5O3S/c1-13(2)20-11-18(26-28(20)15-7-9-32(30,31)12-15)22(29)27-8-3-4-19(27)21-24-16-6-5-14(23)10-17(16)25-21/h5-6,10-11,13,15,19H,3-4,7-9,12H2,1-2H3,(H,24,25). The maximum Gasteiger partial charge on any atom is 0.274 e. The van der Waals surface area contributed by atoms with Crippen molar-refractivity contribution < 1.29 is 17.6 Å². The average Bonchev–Trinajstić information content (AvgIpc) is 3.50. The highest BCUT2D eigenvalue weighted by atomic mass is 32.2. The second-order valence-corrected chi connectivity index (χ2v) is 11.3. The molecule has 0 spiro atoms. The first-order valence-electron chi connectivity index (χ1n) is 11.0. The number of aromatic nitrogens is 4. The molecular formula is C22H26FN5O3S. The number of carbonyl (C=O) groups excluding carboxylic acids is 1. The number of imidazole rings is 1. The zero-order valence-corrected chi connectivity index (χ0v) is 18.9. The van der Waals surface area contributed by atoms with Gasteiger partial charge in [-0.2, -0.15) is 5.10 Å². The third-order valence-electron chi connectivity index (χ3n) is 6.42. The maximum absolute atomic E-state index is 13.6. The molecule has 1 amide bonds. The van der Waals surface area contributed by atoms with E-state index in [0.717, 1.165) is 18.5 Å². The van der Waals surface area contributed by atoms with Crippen LogP contribution in [0.3, 0.4) is 0 Å². The first kappa shape index (κ1) is 21.1. The normalized spacial score (nSPS) is 22.9. The van der Waals surface area contributed by atoms with Crippen LogP contribution in [0.2, 0.25) is 0 Å². The van der Waals surface area contributed by atoms with Crippen molar-refractivity contribution >= 4 is 26.8 Å². The number of H-pyrrole nitrogens is 1. The summed E-state index contributed by atoms with van der Waals surface area (Å²) < 4.78 is 39.3. The predicted molar refractivity (Wildman–Crippen MR) is 118 cm³/mol. The van der Waals surface area contributed by atoms with E-state index in [1.54, 1.807) is 21.7 Å². The van der Waals surface area contributed by atoms with Gasteiger partial charge in [0.1, 0.15) is 11.6 Å². The molecule has 2 atom stereocenters. The summed E-state index contributed by atoms with van der Waals surface area (Å²) in [6.45, 7) is 4.60. The Bertz CT molecular complexity index is 1300. The quantitative estimate of drug-likeness (QED) is 0.645. The summed E-state index contributed by atoms with van der Waals surface area (Å²) in [6, 6.07) is 5.71. The van der Waals surface area contributed by atoms with Crippen molar-refractivity contribution in [1.82, 2.24) is 24.6 Å². The second-order valence-electron chi connectivity index (χ2n) is 9.05. The van der Waals surface area contributed by atoms with E-state index in [4.69, 9.17) is 0 Å². The Balaban J connectivity index is 1.45. The average molecular weight is 460 g/mol. The van der Waals surface area contributed by atoms with Crippen LogP contribution in [0, 0.1) is 5.82 Å². The molecule has 1 N–H and O–H groups in total. The molecule has 1 aromatic carbocycles. The van der Waals surface area contributed by atoms with E-state index < -0.39 is 9.84 Å². The van der Waals surface area contributed by atoms with E-state index in [9.17, 15) is 17.6 Å². The van der Waals surface area contributed by atoms with Crippen molar-refractivity contribution in [2.45, 2.75) is 51.1 Å². The number of amides is 1. The number of rotatable bonds is 4. The highest BCUT2D eigenvalue weighted by Gasteiger charge is 2.36. The van der Waals surface area contributed by atoms with E-state index in [1.807, 2.05) is 13.8 Å². The number of halogens is 1. The van der Waals surface area contributed by atoms with Crippen molar-refractivity contribution in [2.75, 3.05) is 18.1 Å². The van der Waals surface area contributed by atoms with Gasteiger partial charge >= 0.3 is 0 Å². The van der Waals surface area contributed by atoms with Crippen molar-refractivity contribution in [3.05, 3.63) is 47.3 Å². The zero-order chi connectivity index (χ0) is 22.6. The Morgan fingerprint density at radius 3 is 2.78 bits per heavy atom. The van der Waals surface area contributed by atoms with Gasteiger partial charge < -0.3 is 9.88 Å². The molecule has 170 valence electrons. The van der Waals surface area contributed by atoms with Crippen molar-refractivity contribution in [2.24, 2.45) is 0 Å². The molecule has 32 heavy (non-hydrogen) atoms. The van der Waals surface area contributed by atoms with Gasteiger partial charge in [-0.3, -0.25) is 9.48 Å². The summed E-state index contributed by atoms with van der Waals surface area (Å²) in [5.41, 5.74) is 2.46. The van der Waals surface area contributed by atoms with Crippen LogP contribution in [0.5, 0.6) is 0 Å². The van der Waals surface area contributed by atoms with Gasteiger partial charge in [0.15, 0.2) is 15.5 Å². The highest BCUT2D eigenvalue weighted by molar-refractivity contribution is 7.91. The monoisotopic (exact) mass is 459 g/mol. The van der Waals surface area contributed by atoms with Crippen LogP contribution < -0.4 is 0 Å². The molecule has 4 heterocycles. The first-order chi connectivity index (χ1) is 15.2. The zero-order valence-electron chi connectivity index (χ0n) is 18.1. The first-order valence-corrected chi connectivity index (χ1v) is 12.8. The SMILES string of the molecule is CC(C)c1cc(C(=O)N2CCCC2c2nc3ccc(F)cc3[nH]2)nn1C1CCS(=O)(=O)C1. The smallest absolute Gasteiger partial charge is 0.274 e. The number of likely N-dealkylation sites (tertiary alicyclic amines) is 1. The number of nitrogens with one attached hydrogen (secondary N) is 1. The minimum atomic E-state index is -3.07. The lowest BCUT2D eigenvalue weighted by Gasteiger charge is -2.22.